The fourth-order valence-corrected chi connectivity index (χ4v) is 3.95. The Bertz CT molecular complexity index is 397. The average Bonchev–Trinajstić information content (AvgIpc) is 2.21. The van der Waals surface area contributed by atoms with Crippen molar-refractivity contribution in [3.05, 3.63) is 22.7 Å². The lowest BCUT2D eigenvalue weighted by atomic mass is 10.1. The van der Waals surface area contributed by atoms with Gasteiger partial charge in [0.25, 0.3) is 0 Å². The summed E-state index contributed by atoms with van der Waals surface area (Å²) in [6.07, 6.45) is 0.799. The SMILES string of the molecule is Cc1cc(Cl)c2c(c1)SCC(CCO)N2C. The lowest BCUT2D eigenvalue weighted by Gasteiger charge is -2.36. The average molecular weight is 258 g/mol. The van der Waals surface area contributed by atoms with E-state index in [9.17, 15) is 0 Å². The molecular formula is C12H16ClNOS. The lowest BCUT2D eigenvalue weighted by Crippen LogP contribution is -2.37. The number of hydrogen-bond acceptors (Lipinski definition) is 3. The van der Waals surface area contributed by atoms with E-state index < -0.39 is 0 Å². The van der Waals surface area contributed by atoms with Crippen LogP contribution in [0.15, 0.2) is 17.0 Å². The molecule has 0 radical (unpaired) electrons. The van der Waals surface area contributed by atoms with Crippen molar-refractivity contribution >= 4 is 29.1 Å². The largest absolute Gasteiger partial charge is 0.396 e. The van der Waals surface area contributed by atoms with Crippen molar-refractivity contribution in [1.29, 1.82) is 0 Å². The van der Waals surface area contributed by atoms with E-state index in [1.54, 1.807) is 0 Å². The van der Waals surface area contributed by atoms with Crippen molar-refractivity contribution in [2.45, 2.75) is 24.3 Å². The lowest BCUT2D eigenvalue weighted by molar-refractivity contribution is 0.278. The standard InChI is InChI=1S/C12H16ClNOS/c1-8-5-10(13)12-11(6-8)16-7-9(3-4-15)14(12)2/h5-6,9,15H,3-4,7H2,1-2H3. The van der Waals surface area contributed by atoms with Gasteiger partial charge in [-0.15, -0.1) is 11.8 Å². The van der Waals surface area contributed by atoms with Crippen LogP contribution in [0.4, 0.5) is 5.69 Å². The zero-order valence-electron chi connectivity index (χ0n) is 9.53. The monoisotopic (exact) mass is 257 g/mol. The predicted molar refractivity (Wildman–Crippen MR) is 70.8 cm³/mol. The Hall–Kier alpha value is -0.380. The molecule has 1 aliphatic heterocycles. The molecule has 0 amide bonds. The summed E-state index contributed by atoms with van der Waals surface area (Å²) in [5.41, 5.74) is 2.31. The minimum atomic E-state index is 0.231. The number of hydrogen-bond donors (Lipinski definition) is 1. The normalized spacial score (nSPS) is 19.8. The second-order valence-electron chi connectivity index (χ2n) is 4.18. The molecule has 0 bridgehead atoms. The highest BCUT2D eigenvalue weighted by molar-refractivity contribution is 7.99. The van der Waals surface area contributed by atoms with Gasteiger partial charge in [-0.2, -0.15) is 0 Å². The summed E-state index contributed by atoms with van der Waals surface area (Å²) in [6.45, 7) is 2.29. The molecule has 2 rings (SSSR count). The molecular weight excluding hydrogens is 242 g/mol. The molecule has 1 atom stereocenters. The van der Waals surface area contributed by atoms with Crippen LogP contribution in [-0.4, -0.2) is 30.6 Å². The zero-order valence-corrected chi connectivity index (χ0v) is 11.1. The van der Waals surface area contributed by atoms with E-state index in [0.29, 0.717) is 6.04 Å². The summed E-state index contributed by atoms with van der Waals surface area (Å²) in [7, 11) is 2.06. The first kappa shape index (κ1) is 12.1. The van der Waals surface area contributed by atoms with Crippen LogP contribution < -0.4 is 4.90 Å². The third kappa shape index (κ3) is 2.17. The molecule has 0 saturated carbocycles. The van der Waals surface area contributed by atoms with Crippen molar-refractivity contribution < 1.29 is 5.11 Å². The first-order valence-corrected chi connectivity index (χ1v) is 6.76. The second kappa shape index (κ2) is 4.86. The van der Waals surface area contributed by atoms with E-state index in [0.717, 1.165) is 22.9 Å². The Morgan fingerprint density at radius 3 is 3.00 bits per heavy atom. The van der Waals surface area contributed by atoms with Crippen molar-refractivity contribution in [3.8, 4) is 0 Å². The van der Waals surface area contributed by atoms with E-state index in [2.05, 4.69) is 24.9 Å². The molecule has 0 aromatic heterocycles. The highest BCUT2D eigenvalue weighted by Crippen LogP contribution is 2.42. The number of thioether (sulfide) groups is 1. The smallest absolute Gasteiger partial charge is 0.0694 e. The van der Waals surface area contributed by atoms with Crippen molar-refractivity contribution in [1.82, 2.24) is 0 Å². The molecule has 88 valence electrons. The summed E-state index contributed by atoms with van der Waals surface area (Å²) < 4.78 is 0. The molecule has 0 fully saturated rings. The Morgan fingerprint density at radius 1 is 1.56 bits per heavy atom. The number of fused-ring (bicyclic) bond motifs is 1. The van der Waals surface area contributed by atoms with Gasteiger partial charge in [0.05, 0.1) is 10.7 Å². The van der Waals surface area contributed by atoms with Gasteiger partial charge in [0.2, 0.25) is 0 Å². The number of aliphatic hydroxyl groups is 1. The van der Waals surface area contributed by atoms with Gasteiger partial charge in [-0.3, -0.25) is 0 Å². The maximum atomic E-state index is 9.03. The fourth-order valence-electron chi connectivity index (χ4n) is 2.06. The van der Waals surface area contributed by atoms with Crippen molar-refractivity contribution in [2.24, 2.45) is 0 Å². The van der Waals surface area contributed by atoms with Gasteiger partial charge in [0.15, 0.2) is 0 Å². The topological polar surface area (TPSA) is 23.5 Å². The van der Waals surface area contributed by atoms with Gasteiger partial charge in [0.1, 0.15) is 0 Å². The van der Waals surface area contributed by atoms with Crippen molar-refractivity contribution in [2.75, 3.05) is 24.3 Å². The number of benzene rings is 1. The number of rotatable bonds is 2. The zero-order chi connectivity index (χ0) is 11.7. The third-order valence-corrected chi connectivity index (χ3v) is 4.43. The summed E-state index contributed by atoms with van der Waals surface area (Å²) in [4.78, 5) is 3.45. The molecule has 1 aromatic rings. The third-order valence-electron chi connectivity index (χ3n) is 2.97. The Balaban J connectivity index is 2.36. The van der Waals surface area contributed by atoms with Gasteiger partial charge in [-0.25, -0.2) is 0 Å². The maximum Gasteiger partial charge on any atom is 0.0694 e. The molecule has 1 aromatic carbocycles. The van der Waals surface area contributed by atoms with E-state index in [1.165, 1.54) is 10.5 Å². The van der Waals surface area contributed by atoms with Crippen LogP contribution in [-0.2, 0) is 0 Å². The van der Waals surface area contributed by atoms with Crippen molar-refractivity contribution in [3.63, 3.8) is 0 Å². The molecule has 4 heteroatoms. The number of halogens is 1. The number of aliphatic hydroxyl groups excluding tert-OH is 1. The predicted octanol–water partition coefficient (Wildman–Crippen LogP) is 2.94. The van der Waals surface area contributed by atoms with E-state index >= 15 is 0 Å². The summed E-state index contributed by atoms with van der Waals surface area (Å²) >= 11 is 8.12. The van der Waals surface area contributed by atoms with Gasteiger partial charge in [-0.1, -0.05) is 11.6 Å². The summed E-state index contributed by atoms with van der Waals surface area (Å²) in [5.74, 6) is 1.02. The van der Waals surface area contributed by atoms with Crippen LogP contribution in [0.25, 0.3) is 0 Å². The molecule has 16 heavy (non-hydrogen) atoms. The summed E-state index contributed by atoms with van der Waals surface area (Å²) in [6, 6.07) is 4.55. The molecule has 0 saturated heterocycles. The number of nitrogens with zero attached hydrogens (tertiary/aromatic N) is 1. The number of anilines is 1. The first-order valence-electron chi connectivity index (χ1n) is 5.40. The van der Waals surface area contributed by atoms with Crippen LogP contribution in [0.3, 0.4) is 0 Å². The van der Waals surface area contributed by atoms with Gasteiger partial charge < -0.3 is 10.0 Å². The Morgan fingerprint density at radius 2 is 2.31 bits per heavy atom. The van der Waals surface area contributed by atoms with Crippen LogP contribution in [0, 0.1) is 6.92 Å². The summed E-state index contributed by atoms with van der Waals surface area (Å²) in [5, 5.41) is 9.84. The minimum absolute atomic E-state index is 0.231. The maximum absolute atomic E-state index is 9.03. The van der Waals surface area contributed by atoms with Crippen LogP contribution >= 0.6 is 23.4 Å². The van der Waals surface area contributed by atoms with Crippen LogP contribution in [0.1, 0.15) is 12.0 Å². The minimum Gasteiger partial charge on any atom is -0.396 e. The molecule has 0 spiro atoms. The molecule has 2 nitrogen and oxygen atoms in total. The van der Waals surface area contributed by atoms with Crippen LogP contribution in [0.5, 0.6) is 0 Å². The molecule has 1 aliphatic rings. The van der Waals surface area contributed by atoms with Gasteiger partial charge in [0, 0.05) is 30.3 Å². The van der Waals surface area contributed by atoms with E-state index in [1.807, 2.05) is 17.8 Å². The molecule has 1 N–H and O–H groups in total. The Kier molecular flexibility index (Phi) is 3.67. The first-order chi connectivity index (χ1) is 7.63. The highest BCUT2D eigenvalue weighted by Gasteiger charge is 2.25. The molecule has 0 aliphatic carbocycles. The fraction of sp³-hybridized carbons (Fsp3) is 0.500. The van der Waals surface area contributed by atoms with Gasteiger partial charge >= 0.3 is 0 Å². The highest BCUT2D eigenvalue weighted by atomic mass is 35.5. The van der Waals surface area contributed by atoms with Crippen LogP contribution in [0.2, 0.25) is 5.02 Å². The quantitative estimate of drug-likeness (QED) is 0.881. The Labute approximate surface area is 106 Å². The van der Waals surface area contributed by atoms with Gasteiger partial charge in [-0.05, 0) is 31.0 Å². The molecule has 1 heterocycles. The van der Waals surface area contributed by atoms with E-state index in [-0.39, 0.29) is 6.61 Å². The second-order valence-corrected chi connectivity index (χ2v) is 5.65. The van der Waals surface area contributed by atoms with E-state index in [4.69, 9.17) is 16.7 Å². The molecule has 1 unspecified atom stereocenters. The number of aryl methyl sites for hydroxylation is 1.